The van der Waals surface area contributed by atoms with E-state index >= 15 is 0 Å². The Bertz CT molecular complexity index is 210. The van der Waals surface area contributed by atoms with Crippen LogP contribution in [-0.4, -0.2) is 44.2 Å². The van der Waals surface area contributed by atoms with Gasteiger partial charge in [-0.2, -0.15) is 0 Å². The minimum absolute atomic E-state index is 0.509. The molecule has 0 atom stereocenters. The first-order chi connectivity index (χ1) is 7.13. The molecule has 4 nitrogen and oxygen atoms in total. The van der Waals surface area contributed by atoms with Crippen molar-refractivity contribution in [3.63, 3.8) is 0 Å². The van der Waals surface area contributed by atoms with Crippen LogP contribution >= 0.6 is 0 Å². The second kappa shape index (κ2) is 5.95. The van der Waals surface area contributed by atoms with Gasteiger partial charge in [-0.05, 0) is 32.1 Å². The minimum Gasteiger partial charge on any atom is -0.378 e. The van der Waals surface area contributed by atoms with Gasteiger partial charge in [-0.25, -0.2) is 0 Å². The maximum Gasteiger partial charge on any atom is 0.190 e. The molecular formula is C11H23N3O. The van der Waals surface area contributed by atoms with E-state index in [-0.39, 0.29) is 0 Å². The summed E-state index contributed by atoms with van der Waals surface area (Å²) in [7, 11) is 3.82. The first-order valence-corrected chi connectivity index (χ1v) is 5.72. The highest BCUT2D eigenvalue weighted by molar-refractivity contribution is 5.77. The highest BCUT2D eigenvalue weighted by Gasteiger charge is 2.28. The molecular weight excluding hydrogens is 190 g/mol. The second-order valence-electron chi connectivity index (χ2n) is 4.34. The van der Waals surface area contributed by atoms with Crippen molar-refractivity contribution in [2.75, 3.05) is 27.2 Å². The summed E-state index contributed by atoms with van der Waals surface area (Å²) < 4.78 is 5.50. The van der Waals surface area contributed by atoms with Crippen molar-refractivity contribution in [2.24, 2.45) is 16.6 Å². The third-order valence-electron chi connectivity index (χ3n) is 2.86. The number of ether oxygens (including phenoxy) is 1. The lowest BCUT2D eigenvalue weighted by atomic mass is 9.80. The van der Waals surface area contributed by atoms with Crippen LogP contribution in [0.15, 0.2) is 4.99 Å². The summed E-state index contributed by atoms with van der Waals surface area (Å²) in [6.45, 7) is 3.73. The van der Waals surface area contributed by atoms with Gasteiger partial charge in [0.05, 0.1) is 6.10 Å². The van der Waals surface area contributed by atoms with E-state index in [1.807, 2.05) is 19.0 Å². The van der Waals surface area contributed by atoms with Crippen LogP contribution in [0.1, 0.15) is 26.2 Å². The van der Waals surface area contributed by atoms with Crippen LogP contribution in [0.2, 0.25) is 0 Å². The van der Waals surface area contributed by atoms with Crippen LogP contribution in [0.4, 0.5) is 0 Å². The summed E-state index contributed by atoms with van der Waals surface area (Å²) in [6.07, 6.45) is 4.05. The number of nitrogens with two attached hydrogens (primary N) is 1. The molecule has 1 saturated carbocycles. The van der Waals surface area contributed by atoms with Gasteiger partial charge >= 0.3 is 0 Å². The maximum atomic E-state index is 5.69. The molecule has 0 amide bonds. The van der Waals surface area contributed by atoms with Gasteiger partial charge in [-0.15, -0.1) is 0 Å². The zero-order chi connectivity index (χ0) is 11.3. The van der Waals surface area contributed by atoms with Crippen LogP contribution in [0.25, 0.3) is 0 Å². The average Bonchev–Trinajstić information content (AvgIpc) is 2.13. The van der Waals surface area contributed by atoms with E-state index in [2.05, 4.69) is 11.9 Å². The molecule has 4 heteroatoms. The molecule has 15 heavy (non-hydrogen) atoms. The van der Waals surface area contributed by atoms with Gasteiger partial charge in [-0.1, -0.05) is 0 Å². The number of hydrogen-bond acceptors (Lipinski definition) is 2. The average molecular weight is 213 g/mol. The summed E-state index contributed by atoms with van der Waals surface area (Å²) in [5, 5.41) is 0. The van der Waals surface area contributed by atoms with E-state index < -0.39 is 0 Å². The summed E-state index contributed by atoms with van der Waals surface area (Å²) in [5.41, 5.74) is 5.69. The standard InChI is InChI=1S/C11H23N3O/c1-4-15-10-7-9(8-10)5-6-13-11(12)14(2)3/h9-10H,4-8H2,1-3H3,(H2,12,13). The molecule has 0 radical (unpaired) electrons. The molecule has 0 aromatic carbocycles. The van der Waals surface area contributed by atoms with Gasteiger partial charge < -0.3 is 15.4 Å². The van der Waals surface area contributed by atoms with E-state index in [4.69, 9.17) is 10.5 Å². The predicted molar refractivity (Wildman–Crippen MR) is 62.9 cm³/mol. The van der Waals surface area contributed by atoms with Crippen molar-refractivity contribution in [3.05, 3.63) is 0 Å². The fourth-order valence-corrected chi connectivity index (χ4v) is 1.79. The molecule has 1 aliphatic carbocycles. The van der Waals surface area contributed by atoms with Crippen molar-refractivity contribution >= 4 is 5.96 Å². The van der Waals surface area contributed by atoms with E-state index in [1.165, 1.54) is 12.8 Å². The number of guanidine groups is 1. The highest BCUT2D eigenvalue weighted by atomic mass is 16.5. The second-order valence-corrected chi connectivity index (χ2v) is 4.34. The topological polar surface area (TPSA) is 50.9 Å². The van der Waals surface area contributed by atoms with Crippen molar-refractivity contribution in [1.29, 1.82) is 0 Å². The summed E-state index contributed by atoms with van der Waals surface area (Å²) in [4.78, 5) is 6.13. The number of rotatable bonds is 5. The molecule has 0 saturated heterocycles. The van der Waals surface area contributed by atoms with Crippen LogP contribution in [0.3, 0.4) is 0 Å². The Morgan fingerprint density at radius 2 is 2.13 bits per heavy atom. The lowest BCUT2D eigenvalue weighted by Gasteiger charge is -2.34. The number of nitrogens with zero attached hydrogens (tertiary/aromatic N) is 2. The molecule has 0 bridgehead atoms. The molecule has 0 unspecified atom stereocenters. The molecule has 1 aliphatic rings. The quantitative estimate of drug-likeness (QED) is 0.549. The van der Waals surface area contributed by atoms with Crippen LogP contribution in [0, 0.1) is 5.92 Å². The minimum atomic E-state index is 0.509. The first kappa shape index (κ1) is 12.3. The van der Waals surface area contributed by atoms with E-state index in [1.54, 1.807) is 0 Å². The van der Waals surface area contributed by atoms with Gasteiger partial charge in [0, 0.05) is 27.2 Å². The molecule has 2 N–H and O–H groups in total. The Morgan fingerprint density at radius 3 is 2.67 bits per heavy atom. The van der Waals surface area contributed by atoms with Crippen LogP contribution < -0.4 is 5.73 Å². The third kappa shape index (κ3) is 4.08. The Balaban J connectivity index is 2.06. The smallest absolute Gasteiger partial charge is 0.190 e. The fraction of sp³-hybridized carbons (Fsp3) is 0.909. The molecule has 0 aromatic rings. The van der Waals surface area contributed by atoms with E-state index in [0.717, 1.165) is 25.5 Å². The van der Waals surface area contributed by atoms with Crippen molar-refractivity contribution in [3.8, 4) is 0 Å². The maximum absolute atomic E-state index is 5.69. The molecule has 0 heterocycles. The third-order valence-corrected chi connectivity index (χ3v) is 2.86. The summed E-state index contributed by atoms with van der Waals surface area (Å²) in [5.74, 6) is 1.41. The Morgan fingerprint density at radius 1 is 1.47 bits per heavy atom. The molecule has 0 aliphatic heterocycles. The monoisotopic (exact) mass is 213 g/mol. The van der Waals surface area contributed by atoms with Gasteiger partial charge in [0.2, 0.25) is 0 Å². The zero-order valence-electron chi connectivity index (χ0n) is 10.1. The van der Waals surface area contributed by atoms with Crippen molar-refractivity contribution in [2.45, 2.75) is 32.3 Å². The molecule has 0 aromatic heterocycles. The van der Waals surface area contributed by atoms with Crippen LogP contribution in [0.5, 0.6) is 0 Å². The summed E-state index contributed by atoms with van der Waals surface area (Å²) in [6, 6.07) is 0. The first-order valence-electron chi connectivity index (χ1n) is 5.72. The normalized spacial score (nSPS) is 26.2. The molecule has 1 fully saturated rings. The highest BCUT2D eigenvalue weighted by Crippen LogP contribution is 2.32. The van der Waals surface area contributed by atoms with Gasteiger partial charge in [-0.3, -0.25) is 4.99 Å². The van der Waals surface area contributed by atoms with Gasteiger partial charge in [0.1, 0.15) is 0 Å². The zero-order valence-corrected chi connectivity index (χ0v) is 10.1. The largest absolute Gasteiger partial charge is 0.378 e. The molecule has 0 spiro atoms. The summed E-state index contributed by atoms with van der Waals surface area (Å²) >= 11 is 0. The predicted octanol–water partition coefficient (Wildman–Crippen LogP) is 1.07. The lowest BCUT2D eigenvalue weighted by molar-refractivity contribution is -0.0257. The van der Waals surface area contributed by atoms with Gasteiger partial charge in [0.25, 0.3) is 0 Å². The molecule has 1 rings (SSSR count). The van der Waals surface area contributed by atoms with E-state index in [9.17, 15) is 0 Å². The number of hydrogen-bond donors (Lipinski definition) is 1. The number of aliphatic imine (C=N–C) groups is 1. The lowest BCUT2D eigenvalue weighted by Crippen LogP contribution is -2.33. The van der Waals surface area contributed by atoms with Crippen LogP contribution in [-0.2, 0) is 4.74 Å². The Kier molecular flexibility index (Phi) is 4.88. The van der Waals surface area contributed by atoms with Crippen molar-refractivity contribution in [1.82, 2.24) is 4.90 Å². The van der Waals surface area contributed by atoms with E-state index in [0.29, 0.717) is 12.1 Å². The Labute approximate surface area is 92.5 Å². The SMILES string of the molecule is CCOC1CC(CCN=C(N)N(C)C)C1. The van der Waals surface area contributed by atoms with Gasteiger partial charge in [0.15, 0.2) is 5.96 Å². The Hall–Kier alpha value is -0.770. The molecule has 88 valence electrons. The van der Waals surface area contributed by atoms with Crippen molar-refractivity contribution < 1.29 is 4.74 Å². The fourth-order valence-electron chi connectivity index (χ4n) is 1.79.